The minimum Gasteiger partial charge on any atom is -0.340 e. The molecule has 1 aromatic carbocycles. The van der Waals surface area contributed by atoms with E-state index < -0.39 is 23.3 Å². The quantitative estimate of drug-likeness (QED) is 0.328. The summed E-state index contributed by atoms with van der Waals surface area (Å²) in [6, 6.07) is 3.75. The zero-order chi connectivity index (χ0) is 21.1. The molecule has 3 rings (SSSR count). The summed E-state index contributed by atoms with van der Waals surface area (Å²) in [4.78, 5) is 41.0. The van der Waals surface area contributed by atoms with Crippen molar-refractivity contribution >= 4 is 28.8 Å². The first kappa shape index (κ1) is 20.2. The van der Waals surface area contributed by atoms with Gasteiger partial charge >= 0.3 is 0 Å². The van der Waals surface area contributed by atoms with Crippen LogP contribution in [0.4, 0.5) is 15.8 Å². The molecule has 0 unspecified atom stereocenters. The molecule has 1 aliphatic heterocycles. The van der Waals surface area contributed by atoms with Crippen molar-refractivity contribution in [3.63, 3.8) is 0 Å². The van der Waals surface area contributed by atoms with Crippen molar-refractivity contribution < 1.29 is 18.8 Å². The molecule has 1 amide bonds. The predicted molar refractivity (Wildman–Crippen MR) is 107 cm³/mol. The highest BCUT2D eigenvalue weighted by Crippen LogP contribution is 2.31. The largest absolute Gasteiger partial charge is 0.340 e. The Morgan fingerprint density at radius 3 is 2.83 bits per heavy atom. The molecule has 2 aromatic rings. The Labute approximate surface area is 167 Å². The fourth-order valence-electron chi connectivity index (χ4n) is 3.67. The lowest BCUT2D eigenvalue weighted by Crippen LogP contribution is -2.18. The monoisotopic (exact) mass is 393 g/mol. The molecule has 148 valence electrons. The molecule has 1 aliphatic rings. The number of carbonyl (C=O) groups is 3. The van der Waals surface area contributed by atoms with Crippen molar-refractivity contribution in [3.05, 3.63) is 70.6 Å². The summed E-state index contributed by atoms with van der Waals surface area (Å²) in [6.45, 7) is 12.8. The maximum atomic E-state index is 13.5. The SMILES string of the molecule is [C-]#[N+]c1cc(NC(=O)c2c(C)c(C(=O)C(=O)CCC=C)c3n2CCC3)ccc1F. The average molecular weight is 393 g/mol. The number of nitrogens with one attached hydrogen (secondary N) is 1. The van der Waals surface area contributed by atoms with E-state index in [9.17, 15) is 18.8 Å². The number of ketones is 2. The lowest BCUT2D eigenvalue weighted by Gasteiger charge is -2.09. The van der Waals surface area contributed by atoms with Crippen molar-refractivity contribution in [1.82, 2.24) is 4.57 Å². The van der Waals surface area contributed by atoms with Gasteiger partial charge in [-0.25, -0.2) is 9.24 Å². The number of aromatic nitrogens is 1. The summed E-state index contributed by atoms with van der Waals surface area (Å²) in [6.07, 6.45) is 3.48. The third kappa shape index (κ3) is 3.74. The fraction of sp³-hybridized carbons (Fsp3) is 0.273. The van der Waals surface area contributed by atoms with E-state index in [1.54, 1.807) is 17.6 Å². The molecule has 0 bridgehead atoms. The molecule has 0 atom stereocenters. The Bertz CT molecular complexity index is 1080. The molecule has 1 N–H and O–H groups in total. The maximum Gasteiger partial charge on any atom is 0.272 e. The number of nitrogens with zero attached hydrogens (tertiary/aromatic N) is 2. The summed E-state index contributed by atoms with van der Waals surface area (Å²) in [5.41, 5.74) is 1.87. The number of hydrogen-bond donors (Lipinski definition) is 1. The van der Waals surface area contributed by atoms with Crippen LogP contribution in [0.2, 0.25) is 0 Å². The second-order valence-electron chi connectivity index (χ2n) is 6.86. The molecule has 0 radical (unpaired) electrons. The highest BCUT2D eigenvalue weighted by molar-refractivity contribution is 6.44. The Morgan fingerprint density at radius 2 is 2.14 bits per heavy atom. The smallest absolute Gasteiger partial charge is 0.272 e. The number of benzene rings is 1. The van der Waals surface area contributed by atoms with E-state index in [0.29, 0.717) is 41.9 Å². The molecule has 1 aromatic heterocycles. The summed E-state index contributed by atoms with van der Waals surface area (Å²) < 4.78 is 15.3. The van der Waals surface area contributed by atoms with Gasteiger partial charge in [0.15, 0.2) is 0 Å². The molecular weight excluding hydrogens is 373 g/mol. The van der Waals surface area contributed by atoms with Crippen LogP contribution >= 0.6 is 0 Å². The van der Waals surface area contributed by atoms with Gasteiger partial charge in [-0.3, -0.25) is 14.4 Å². The van der Waals surface area contributed by atoms with E-state index in [2.05, 4.69) is 16.7 Å². The summed E-state index contributed by atoms with van der Waals surface area (Å²) in [5, 5.41) is 2.67. The summed E-state index contributed by atoms with van der Waals surface area (Å²) >= 11 is 0. The number of fused-ring (bicyclic) bond motifs is 1. The van der Waals surface area contributed by atoms with Gasteiger partial charge in [-0.1, -0.05) is 6.08 Å². The van der Waals surface area contributed by atoms with Gasteiger partial charge < -0.3 is 9.88 Å². The van der Waals surface area contributed by atoms with E-state index in [4.69, 9.17) is 6.57 Å². The molecule has 0 saturated carbocycles. The lowest BCUT2D eigenvalue weighted by atomic mass is 9.98. The summed E-state index contributed by atoms with van der Waals surface area (Å²) in [5.74, 6) is -2.21. The van der Waals surface area contributed by atoms with Crippen LogP contribution in [0.25, 0.3) is 4.85 Å². The van der Waals surface area contributed by atoms with Crippen LogP contribution in [-0.2, 0) is 17.8 Å². The molecule has 7 heteroatoms. The van der Waals surface area contributed by atoms with Crippen LogP contribution in [0.3, 0.4) is 0 Å². The van der Waals surface area contributed by atoms with E-state index in [-0.39, 0.29) is 17.8 Å². The van der Waals surface area contributed by atoms with Crippen molar-refractivity contribution in [3.8, 4) is 0 Å². The van der Waals surface area contributed by atoms with Gasteiger partial charge in [-0.15, -0.1) is 6.58 Å². The Balaban J connectivity index is 1.95. The molecule has 0 spiro atoms. The van der Waals surface area contributed by atoms with Gasteiger partial charge in [0.1, 0.15) is 11.5 Å². The van der Waals surface area contributed by atoms with Gasteiger partial charge in [0.05, 0.1) is 12.1 Å². The van der Waals surface area contributed by atoms with E-state index in [1.807, 2.05) is 0 Å². The molecule has 0 aliphatic carbocycles. The average Bonchev–Trinajstić information content (AvgIpc) is 3.26. The molecule has 2 heterocycles. The third-order valence-electron chi connectivity index (χ3n) is 5.01. The van der Waals surface area contributed by atoms with E-state index >= 15 is 0 Å². The van der Waals surface area contributed by atoms with Gasteiger partial charge in [0, 0.05) is 24.3 Å². The normalized spacial score (nSPS) is 12.2. The van der Waals surface area contributed by atoms with Crippen molar-refractivity contribution in [2.45, 2.75) is 39.2 Å². The number of carbonyl (C=O) groups excluding carboxylic acids is 3. The fourth-order valence-corrected chi connectivity index (χ4v) is 3.67. The zero-order valence-corrected chi connectivity index (χ0v) is 16.0. The van der Waals surface area contributed by atoms with Crippen LogP contribution in [0.15, 0.2) is 30.9 Å². The molecule has 29 heavy (non-hydrogen) atoms. The van der Waals surface area contributed by atoms with Gasteiger partial charge in [-0.2, -0.15) is 0 Å². The Hall–Kier alpha value is -3.53. The number of rotatable bonds is 7. The molecular formula is C22H20FN3O3. The van der Waals surface area contributed by atoms with Crippen LogP contribution in [-0.4, -0.2) is 22.0 Å². The zero-order valence-electron chi connectivity index (χ0n) is 16.0. The highest BCUT2D eigenvalue weighted by atomic mass is 19.1. The van der Waals surface area contributed by atoms with Gasteiger partial charge in [0.2, 0.25) is 17.3 Å². The van der Waals surface area contributed by atoms with Crippen molar-refractivity contribution in [2.75, 3.05) is 5.32 Å². The second kappa shape index (κ2) is 8.23. The first-order valence-corrected chi connectivity index (χ1v) is 9.27. The second-order valence-corrected chi connectivity index (χ2v) is 6.86. The van der Waals surface area contributed by atoms with Crippen LogP contribution in [0, 0.1) is 19.3 Å². The van der Waals surface area contributed by atoms with Crippen molar-refractivity contribution in [2.24, 2.45) is 0 Å². The first-order valence-electron chi connectivity index (χ1n) is 9.27. The number of halogens is 1. The Kier molecular flexibility index (Phi) is 5.74. The van der Waals surface area contributed by atoms with Crippen LogP contribution in [0.5, 0.6) is 0 Å². The maximum absolute atomic E-state index is 13.5. The highest BCUT2D eigenvalue weighted by Gasteiger charge is 2.32. The summed E-state index contributed by atoms with van der Waals surface area (Å²) in [7, 11) is 0. The first-order chi connectivity index (χ1) is 13.9. The number of anilines is 1. The topological polar surface area (TPSA) is 72.5 Å². The van der Waals surface area contributed by atoms with Crippen LogP contribution in [0.1, 0.15) is 51.4 Å². The van der Waals surface area contributed by atoms with E-state index in [0.717, 1.165) is 12.5 Å². The van der Waals surface area contributed by atoms with Gasteiger partial charge in [-0.05, 0) is 49.9 Å². The van der Waals surface area contributed by atoms with Gasteiger partial charge in [0.25, 0.3) is 5.91 Å². The van der Waals surface area contributed by atoms with Crippen LogP contribution < -0.4 is 5.32 Å². The number of hydrogen-bond acceptors (Lipinski definition) is 3. The number of Topliss-reactive ketones (excluding diaryl/α,β-unsaturated/α-hetero) is 2. The molecule has 0 saturated heterocycles. The predicted octanol–water partition coefficient (Wildman–Crippen LogP) is 4.40. The number of allylic oxidation sites excluding steroid dienone is 1. The minimum atomic E-state index is -0.663. The minimum absolute atomic E-state index is 0.0862. The third-order valence-corrected chi connectivity index (χ3v) is 5.01. The standard InChI is InChI=1S/C22H20FN3O3/c1-4-5-8-18(27)21(28)19-13(2)20(26-11-6-7-17(19)26)22(29)25-14-9-10-15(23)16(12-14)24-3/h4,9-10,12H,1,5-8,11H2,2H3,(H,25,29). The Morgan fingerprint density at radius 1 is 1.38 bits per heavy atom. The van der Waals surface area contributed by atoms with E-state index in [1.165, 1.54) is 12.1 Å². The number of amides is 1. The lowest BCUT2D eigenvalue weighted by molar-refractivity contribution is -0.115. The molecule has 6 nitrogen and oxygen atoms in total. The molecule has 0 fully saturated rings. The van der Waals surface area contributed by atoms with Crippen molar-refractivity contribution in [1.29, 1.82) is 0 Å².